The van der Waals surface area contributed by atoms with E-state index in [-0.39, 0.29) is 0 Å². The first kappa shape index (κ1) is 10.7. The van der Waals surface area contributed by atoms with E-state index in [1.807, 2.05) is 24.3 Å². The molecule has 0 saturated carbocycles. The van der Waals surface area contributed by atoms with E-state index >= 15 is 0 Å². The van der Waals surface area contributed by atoms with Crippen molar-refractivity contribution >= 4 is 0 Å². The molecular formula is C12H14N2O2. The largest absolute Gasteiger partial charge is 0.497 e. The fourth-order valence-electron chi connectivity index (χ4n) is 1.45. The van der Waals surface area contributed by atoms with E-state index in [0.29, 0.717) is 18.9 Å². The Balaban J connectivity index is 2.27. The predicted molar refractivity (Wildman–Crippen MR) is 61.2 cm³/mol. The molecule has 0 spiro atoms. The molecule has 16 heavy (non-hydrogen) atoms. The second-order valence-electron chi connectivity index (χ2n) is 3.40. The van der Waals surface area contributed by atoms with Gasteiger partial charge >= 0.3 is 0 Å². The Labute approximate surface area is 94.1 Å². The molecule has 0 amide bonds. The molecule has 1 aromatic carbocycles. The first-order valence-corrected chi connectivity index (χ1v) is 5.12. The predicted octanol–water partition coefficient (Wildman–Crippen LogP) is 1.85. The third kappa shape index (κ3) is 2.23. The zero-order chi connectivity index (χ0) is 11.4. The van der Waals surface area contributed by atoms with Crippen LogP contribution in [0.3, 0.4) is 0 Å². The summed E-state index contributed by atoms with van der Waals surface area (Å²) in [5, 5.41) is 0. The first-order valence-electron chi connectivity index (χ1n) is 5.12. The minimum atomic E-state index is 0.562. The average Bonchev–Trinajstić information content (AvgIpc) is 2.78. The fraction of sp³-hybridized carbons (Fsp3) is 0.250. The van der Waals surface area contributed by atoms with Crippen molar-refractivity contribution in [2.45, 2.75) is 6.42 Å². The number of nitrogens with two attached hydrogens (primary N) is 1. The van der Waals surface area contributed by atoms with Gasteiger partial charge in [-0.1, -0.05) is 6.07 Å². The van der Waals surface area contributed by atoms with Crippen LogP contribution >= 0.6 is 0 Å². The van der Waals surface area contributed by atoms with Gasteiger partial charge in [-0.15, -0.1) is 0 Å². The van der Waals surface area contributed by atoms with Crippen LogP contribution in [0.25, 0.3) is 11.5 Å². The van der Waals surface area contributed by atoms with Crippen LogP contribution in [0.15, 0.2) is 34.9 Å². The molecule has 0 aliphatic rings. The van der Waals surface area contributed by atoms with Gasteiger partial charge in [0.1, 0.15) is 11.5 Å². The third-order valence-corrected chi connectivity index (χ3v) is 2.26. The summed E-state index contributed by atoms with van der Waals surface area (Å²) in [6.45, 7) is 0.562. The molecule has 4 heteroatoms. The summed E-state index contributed by atoms with van der Waals surface area (Å²) in [4.78, 5) is 4.20. The summed E-state index contributed by atoms with van der Waals surface area (Å²) in [5.41, 5.74) is 6.35. The Kier molecular flexibility index (Phi) is 3.22. The van der Waals surface area contributed by atoms with Crippen LogP contribution in [0.1, 0.15) is 5.76 Å². The lowest BCUT2D eigenvalue weighted by molar-refractivity contribution is 0.414. The Hall–Kier alpha value is -1.81. The van der Waals surface area contributed by atoms with Crippen molar-refractivity contribution < 1.29 is 9.15 Å². The fourth-order valence-corrected chi connectivity index (χ4v) is 1.45. The van der Waals surface area contributed by atoms with E-state index < -0.39 is 0 Å². The zero-order valence-electron chi connectivity index (χ0n) is 9.14. The topological polar surface area (TPSA) is 61.3 Å². The zero-order valence-corrected chi connectivity index (χ0v) is 9.14. The van der Waals surface area contributed by atoms with Gasteiger partial charge < -0.3 is 14.9 Å². The summed E-state index contributed by atoms with van der Waals surface area (Å²) in [5.74, 6) is 2.19. The lowest BCUT2D eigenvalue weighted by atomic mass is 10.2. The number of hydrogen-bond acceptors (Lipinski definition) is 4. The van der Waals surface area contributed by atoms with Crippen molar-refractivity contribution in [3.05, 3.63) is 36.2 Å². The molecule has 0 unspecified atom stereocenters. The summed E-state index contributed by atoms with van der Waals surface area (Å²) in [6.07, 6.45) is 2.42. The molecule has 1 aromatic heterocycles. The number of nitrogens with zero attached hydrogens (tertiary/aromatic N) is 1. The molecule has 0 aliphatic heterocycles. The van der Waals surface area contributed by atoms with Crippen molar-refractivity contribution in [3.8, 4) is 17.2 Å². The molecule has 2 N–H and O–H groups in total. The van der Waals surface area contributed by atoms with Crippen LogP contribution in [-0.2, 0) is 6.42 Å². The van der Waals surface area contributed by atoms with Gasteiger partial charge in [-0.25, -0.2) is 4.98 Å². The Morgan fingerprint density at radius 3 is 3.06 bits per heavy atom. The number of rotatable bonds is 4. The quantitative estimate of drug-likeness (QED) is 0.850. The molecule has 0 bridgehead atoms. The second-order valence-corrected chi connectivity index (χ2v) is 3.40. The van der Waals surface area contributed by atoms with Gasteiger partial charge in [0.15, 0.2) is 0 Å². The Bertz CT molecular complexity index is 466. The maximum atomic E-state index is 5.56. The van der Waals surface area contributed by atoms with Crippen molar-refractivity contribution in [1.82, 2.24) is 4.98 Å². The molecule has 0 atom stereocenters. The normalized spacial score (nSPS) is 10.4. The van der Waals surface area contributed by atoms with Gasteiger partial charge in [-0.05, 0) is 24.7 Å². The van der Waals surface area contributed by atoms with E-state index in [1.165, 1.54) is 0 Å². The van der Waals surface area contributed by atoms with Crippen molar-refractivity contribution in [2.75, 3.05) is 13.7 Å². The lowest BCUT2D eigenvalue weighted by Crippen LogP contribution is -2.01. The van der Waals surface area contributed by atoms with E-state index in [4.69, 9.17) is 14.9 Å². The molecule has 2 aromatic rings. The highest BCUT2D eigenvalue weighted by atomic mass is 16.5. The molecule has 0 aliphatic carbocycles. The standard InChI is InChI=1S/C12H14N2O2/c1-15-10-4-2-3-9(7-10)12-14-8-11(16-12)5-6-13/h2-4,7-8H,5-6,13H2,1H3. The van der Waals surface area contributed by atoms with Crippen LogP contribution in [0.4, 0.5) is 0 Å². The number of methoxy groups -OCH3 is 1. The molecule has 0 fully saturated rings. The van der Waals surface area contributed by atoms with Crippen LogP contribution in [0.5, 0.6) is 5.75 Å². The van der Waals surface area contributed by atoms with E-state index in [1.54, 1.807) is 13.3 Å². The Morgan fingerprint density at radius 1 is 1.44 bits per heavy atom. The van der Waals surface area contributed by atoms with Crippen molar-refractivity contribution in [3.63, 3.8) is 0 Å². The second kappa shape index (κ2) is 4.81. The van der Waals surface area contributed by atoms with Crippen LogP contribution in [-0.4, -0.2) is 18.6 Å². The average molecular weight is 218 g/mol. The van der Waals surface area contributed by atoms with E-state index in [9.17, 15) is 0 Å². The third-order valence-electron chi connectivity index (χ3n) is 2.26. The number of ether oxygens (including phenoxy) is 1. The van der Waals surface area contributed by atoms with Crippen molar-refractivity contribution in [2.24, 2.45) is 5.73 Å². The first-order chi connectivity index (χ1) is 7.83. The molecule has 2 rings (SSSR count). The highest BCUT2D eigenvalue weighted by Crippen LogP contribution is 2.23. The summed E-state index contributed by atoms with van der Waals surface area (Å²) >= 11 is 0. The van der Waals surface area contributed by atoms with Gasteiger partial charge in [-0.2, -0.15) is 0 Å². The number of oxazole rings is 1. The van der Waals surface area contributed by atoms with E-state index in [2.05, 4.69) is 4.98 Å². The number of hydrogen-bond donors (Lipinski definition) is 1. The Morgan fingerprint density at radius 2 is 2.31 bits per heavy atom. The molecule has 1 heterocycles. The summed E-state index contributed by atoms with van der Waals surface area (Å²) < 4.78 is 10.7. The molecule has 84 valence electrons. The minimum Gasteiger partial charge on any atom is -0.497 e. The van der Waals surface area contributed by atoms with Gasteiger partial charge in [0.25, 0.3) is 0 Å². The molecule has 0 saturated heterocycles. The van der Waals surface area contributed by atoms with Gasteiger partial charge in [-0.3, -0.25) is 0 Å². The summed E-state index contributed by atoms with van der Waals surface area (Å²) in [6, 6.07) is 7.60. The lowest BCUT2D eigenvalue weighted by Gasteiger charge is -2.00. The molecular weight excluding hydrogens is 204 g/mol. The highest BCUT2D eigenvalue weighted by Gasteiger charge is 2.06. The van der Waals surface area contributed by atoms with Gasteiger partial charge in [0, 0.05) is 12.0 Å². The summed E-state index contributed by atoms with van der Waals surface area (Å²) in [7, 11) is 1.63. The number of benzene rings is 1. The van der Waals surface area contributed by atoms with Crippen molar-refractivity contribution in [1.29, 1.82) is 0 Å². The molecule has 4 nitrogen and oxygen atoms in total. The van der Waals surface area contributed by atoms with Crippen LogP contribution in [0.2, 0.25) is 0 Å². The molecule has 0 radical (unpaired) electrons. The SMILES string of the molecule is COc1cccc(-c2ncc(CCN)o2)c1. The highest BCUT2D eigenvalue weighted by molar-refractivity contribution is 5.55. The maximum Gasteiger partial charge on any atom is 0.226 e. The van der Waals surface area contributed by atoms with Gasteiger partial charge in [0.05, 0.1) is 13.3 Å². The van der Waals surface area contributed by atoms with Crippen LogP contribution < -0.4 is 10.5 Å². The number of aromatic nitrogens is 1. The smallest absolute Gasteiger partial charge is 0.226 e. The van der Waals surface area contributed by atoms with Gasteiger partial charge in [0.2, 0.25) is 5.89 Å². The maximum absolute atomic E-state index is 5.56. The monoisotopic (exact) mass is 218 g/mol. The minimum absolute atomic E-state index is 0.562. The van der Waals surface area contributed by atoms with Crippen LogP contribution in [0, 0.1) is 0 Å². The van der Waals surface area contributed by atoms with E-state index in [0.717, 1.165) is 17.1 Å².